The minimum Gasteiger partial charge on any atom is -0.350 e. The van der Waals surface area contributed by atoms with Crippen molar-refractivity contribution in [3.05, 3.63) is 131 Å². The Labute approximate surface area is 236 Å². The van der Waals surface area contributed by atoms with Crippen LogP contribution in [0.3, 0.4) is 0 Å². The maximum absolute atomic E-state index is 14.6. The predicted octanol–water partition coefficient (Wildman–Crippen LogP) is 5.95. The third kappa shape index (κ3) is 3.46. The number of anilines is 3. The largest absolute Gasteiger partial charge is 0.350 e. The number of Topliss-reactive ketones (excluding diaryl/α,β-unsaturated/α-hetero) is 1. The number of nitrogens with zero attached hydrogens (tertiary/aromatic N) is 1. The SMILES string of the molecule is O=C(Nc1ccc(Cl)cc1)[C@@H]1[C@@H](C(=O)c2ccccc2)[C@@]2(C(=O)Nc3ccccc32)[C@@H]2C=Cc3ccccc3N12. The molecule has 4 aromatic carbocycles. The number of halogens is 1. The molecule has 2 N–H and O–H groups in total. The van der Waals surface area contributed by atoms with E-state index in [0.29, 0.717) is 22.0 Å². The molecule has 6 nitrogen and oxygen atoms in total. The third-order valence-electron chi connectivity index (χ3n) is 8.26. The molecule has 196 valence electrons. The molecule has 2 amide bonds. The molecule has 0 bridgehead atoms. The van der Waals surface area contributed by atoms with Gasteiger partial charge in [0, 0.05) is 27.6 Å². The van der Waals surface area contributed by atoms with E-state index in [4.69, 9.17) is 11.6 Å². The number of hydrogen-bond acceptors (Lipinski definition) is 4. The standard InChI is InChI=1S/C33H24ClN3O3/c34-22-15-17-23(18-16-22)35-31(39)29-28(30(38)21-9-2-1-3-10-21)33(24-11-5-6-12-25(24)36-32(33)40)27-19-14-20-8-4-7-13-26(20)37(27)29/h1-19,27-29H,(H,35,39)(H,36,40)/t27-,28-,29-,33-/m0/s1. The zero-order valence-electron chi connectivity index (χ0n) is 21.3. The number of nitrogens with one attached hydrogen (secondary N) is 2. The third-order valence-corrected chi connectivity index (χ3v) is 8.52. The first kappa shape index (κ1) is 24.4. The van der Waals surface area contributed by atoms with Gasteiger partial charge in [0.25, 0.3) is 0 Å². The second-order valence-corrected chi connectivity index (χ2v) is 10.7. The molecular weight excluding hydrogens is 522 g/mol. The van der Waals surface area contributed by atoms with E-state index in [1.807, 2.05) is 71.6 Å². The van der Waals surface area contributed by atoms with E-state index < -0.39 is 23.4 Å². The Kier molecular flexibility index (Phi) is 5.61. The normalized spacial score (nSPS) is 23.8. The van der Waals surface area contributed by atoms with Gasteiger partial charge < -0.3 is 15.5 Å². The van der Waals surface area contributed by atoms with Gasteiger partial charge in [-0.25, -0.2) is 0 Å². The van der Waals surface area contributed by atoms with Crippen LogP contribution in [0.15, 0.2) is 109 Å². The van der Waals surface area contributed by atoms with Crippen LogP contribution in [-0.4, -0.2) is 29.7 Å². The lowest BCUT2D eigenvalue weighted by Gasteiger charge is -2.37. The van der Waals surface area contributed by atoms with Crippen molar-refractivity contribution < 1.29 is 14.4 Å². The van der Waals surface area contributed by atoms with E-state index >= 15 is 0 Å². The Hall–Kier alpha value is -4.68. The van der Waals surface area contributed by atoms with Crippen molar-refractivity contribution in [1.82, 2.24) is 0 Å². The Balaban J connectivity index is 1.48. The zero-order chi connectivity index (χ0) is 27.4. The topological polar surface area (TPSA) is 78.5 Å². The van der Waals surface area contributed by atoms with E-state index in [-0.39, 0.29) is 17.6 Å². The molecular formula is C33H24ClN3O3. The summed E-state index contributed by atoms with van der Waals surface area (Å²) in [5.41, 5.74) is 2.75. The Morgan fingerprint density at radius 1 is 0.850 bits per heavy atom. The Bertz CT molecular complexity index is 1700. The van der Waals surface area contributed by atoms with Gasteiger partial charge in [-0.1, -0.05) is 90.5 Å². The highest BCUT2D eigenvalue weighted by Gasteiger charge is 2.70. The predicted molar refractivity (Wildman–Crippen MR) is 157 cm³/mol. The van der Waals surface area contributed by atoms with Crippen LogP contribution in [0.2, 0.25) is 5.02 Å². The molecule has 1 saturated heterocycles. The summed E-state index contributed by atoms with van der Waals surface area (Å²) in [5, 5.41) is 6.60. The number of benzene rings is 4. The molecule has 7 heteroatoms. The highest BCUT2D eigenvalue weighted by Crippen LogP contribution is 2.57. The summed E-state index contributed by atoms with van der Waals surface area (Å²) in [4.78, 5) is 45.2. The Morgan fingerprint density at radius 3 is 2.35 bits per heavy atom. The summed E-state index contributed by atoms with van der Waals surface area (Å²) < 4.78 is 0. The Morgan fingerprint density at radius 2 is 1.55 bits per heavy atom. The van der Waals surface area contributed by atoms with E-state index in [1.165, 1.54) is 0 Å². The van der Waals surface area contributed by atoms with E-state index in [2.05, 4.69) is 10.6 Å². The van der Waals surface area contributed by atoms with Gasteiger partial charge in [0.1, 0.15) is 11.5 Å². The summed E-state index contributed by atoms with van der Waals surface area (Å²) >= 11 is 6.08. The van der Waals surface area contributed by atoms with Crippen LogP contribution in [0, 0.1) is 5.92 Å². The molecule has 0 aromatic heterocycles. The molecule has 1 spiro atoms. The smallest absolute Gasteiger partial charge is 0.247 e. The summed E-state index contributed by atoms with van der Waals surface area (Å²) in [6.45, 7) is 0. The lowest BCUT2D eigenvalue weighted by Crippen LogP contribution is -2.51. The molecule has 3 aliphatic heterocycles. The van der Waals surface area contributed by atoms with E-state index in [0.717, 1.165) is 16.8 Å². The van der Waals surface area contributed by atoms with Crippen molar-refractivity contribution in [2.24, 2.45) is 5.92 Å². The molecule has 1 fully saturated rings. The fraction of sp³-hybridized carbons (Fsp3) is 0.121. The highest BCUT2D eigenvalue weighted by atomic mass is 35.5. The van der Waals surface area contributed by atoms with Crippen molar-refractivity contribution >= 4 is 52.3 Å². The minimum absolute atomic E-state index is 0.260. The average molecular weight is 546 g/mol. The van der Waals surface area contributed by atoms with Crippen molar-refractivity contribution in [2.75, 3.05) is 15.5 Å². The lowest BCUT2D eigenvalue weighted by atomic mass is 9.64. The van der Waals surface area contributed by atoms with Gasteiger partial charge in [0.15, 0.2) is 5.78 Å². The summed E-state index contributed by atoms with van der Waals surface area (Å²) in [6, 6.07) is 29.4. The maximum Gasteiger partial charge on any atom is 0.247 e. The molecule has 0 unspecified atom stereocenters. The van der Waals surface area contributed by atoms with E-state index in [1.54, 1.807) is 48.5 Å². The quantitative estimate of drug-likeness (QED) is 0.311. The van der Waals surface area contributed by atoms with Crippen molar-refractivity contribution in [2.45, 2.75) is 17.5 Å². The number of carbonyl (C=O) groups is 3. The number of para-hydroxylation sites is 2. The number of carbonyl (C=O) groups excluding carboxylic acids is 3. The number of amides is 2. The lowest BCUT2D eigenvalue weighted by molar-refractivity contribution is -0.122. The highest BCUT2D eigenvalue weighted by molar-refractivity contribution is 6.30. The van der Waals surface area contributed by atoms with Crippen LogP contribution in [-0.2, 0) is 15.0 Å². The van der Waals surface area contributed by atoms with Gasteiger partial charge in [-0.15, -0.1) is 0 Å². The number of rotatable bonds is 4. The van der Waals surface area contributed by atoms with Crippen LogP contribution in [0.25, 0.3) is 6.08 Å². The van der Waals surface area contributed by atoms with Crippen molar-refractivity contribution in [3.8, 4) is 0 Å². The van der Waals surface area contributed by atoms with Gasteiger partial charge in [0.05, 0.1) is 12.0 Å². The molecule has 0 saturated carbocycles. The monoisotopic (exact) mass is 545 g/mol. The molecule has 4 aromatic rings. The number of hydrogen-bond donors (Lipinski definition) is 2. The fourth-order valence-corrected chi connectivity index (χ4v) is 6.78. The summed E-state index contributed by atoms with van der Waals surface area (Å²) in [5.74, 6) is -1.94. The van der Waals surface area contributed by atoms with Crippen LogP contribution >= 0.6 is 11.6 Å². The molecule has 7 rings (SSSR count). The van der Waals surface area contributed by atoms with Crippen molar-refractivity contribution in [3.63, 3.8) is 0 Å². The van der Waals surface area contributed by atoms with Gasteiger partial charge in [-0.05, 0) is 47.5 Å². The number of ketones is 1. The maximum atomic E-state index is 14.6. The van der Waals surface area contributed by atoms with Gasteiger partial charge in [0.2, 0.25) is 11.8 Å². The van der Waals surface area contributed by atoms with Crippen molar-refractivity contribution in [1.29, 1.82) is 0 Å². The van der Waals surface area contributed by atoms with Crippen LogP contribution in [0.5, 0.6) is 0 Å². The first-order chi connectivity index (χ1) is 19.5. The molecule has 3 heterocycles. The molecule has 0 aliphatic carbocycles. The van der Waals surface area contributed by atoms with E-state index in [9.17, 15) is 14.4 Å². The molecule has 40 heavy (non-hydrogen) atoms. The molecule has 4 atom stereocenters. The second-order valence-electron chi connectivity index (χ2n) is 10.3. The number of fused-ring (bicyclic) bond motifs is 6. The first-order valence-corrected chi connectivity index (χ1v) is 13.5. The van der Waals surface area contributed by atoms with Gasteiger partial charge in [-0.2, -0.15) is 0 Å². The first-order valence-electron chi connectivity index (χ1n) is 13.1. The van der Waals surface area contributed by atoms with Crippen LogP contribution in [0.4, 0.5) is 17.1 Å². The molecule has 0 radical (unpaired) electrons. The summed E-state index contributed by atoms with van der Waals surface area (Å²) in [7, 11) is 0. The summed E-state index contributed by atoms with van der Waals surface area (Å²) in [6.07, 6.45) is 3.95. The second kappa shape index (κ2) is 9.21. The minimum atomic E-state index is -1.34. The fourth-order valence-electron chi connectivity index (χ4n) is 6.65. The van der Waals surface area contributed by atoms with Gasteiger partial charge in [-0.3, -0.25) is 14.4 Å². The van der Waals surface area contributed by atoms with Crippen LogP contribution < -0.4 is 15.5 Å². The zero-order valence-corrected chi connectivity index (χ0v) is 22.0. The average Bonchev–Trinajstić information content (AvgIpc) is 3.47. The van der Waals surface area contributed by atoms with Gasteiger partial charge >= 0.3 is 0 Å². The van der Waals surface area contributed by atoms with Crippen LogP contribution in [0.1, 0.15) is 21.5 Å². The molecule has 3 aliphatic rings.